The number of hydrogen-bond donors (Lipinski definition) is 4. The van der Waals surface area contributed by atoms with Gasteiger partial charge in [0.05, 0.1) is 22.3 Å². The highest BCUT2D eigenvalue weighted by Gasteiger charge is 2.10. The molecule has 0 amide bonds. The summed E-state index contributed by atoms with van der Waals surface area (Å²) < 4.78 is 5.39. The van der Waals surface area contributed by atoms with Crippen LogP contribution in [0.25, 0.3) is 0 Å². The minimum atomic E-state index is -0.285. The van der Waals surface area contributed by atoms with E-state index in [1.807, 2.05) is 13.0 Å². The Kier molecular flexibility index (Phi) is 8.18. The molecule has 0 spiro atoms. The standard InChI is InChI=1S/C17H23Cl2N5O2/c1-2-6-26-7-5-21-15-14(9-20)23-17(24-16(15)25)22-10-11-3-4-12(18)13(19)8-11/h3-4,8,21H,2,5-7,9-10,20H2,1H3,(H2,22,23,24,25). The van der Waals surface area contributed by atoms with Crippen molar-refractivity contribution in [1.82, 2.24) is 9.97 Å². The van der Waals surface area contributed by atoms with Crippen molar-refractivity contribution in [1.29, 1.82) is 0 Å². The van der Waals surface area contributed by atoms with Crippen LogP contribution < -0.4 is 21.9 Å². The van der Waals surface area contributed by atoms with E-state index < -0.39 is 0 Å². The van der Waals surface area contributed by atoms with Gasteiger partial charge in [0, 0.05) is 26.2 Å². The van der Waals surface area contributed by atoms with Gasteiger partial charge < -0.3 is 21.1 Å². The fourth-order valence-electron chi connectivity index (χ4n) is 2.26. The maximum Gasteiger partial charge on any atom is 0.275 e. The predicted molar refractivity (Wildman–Crippen MR) is 106 cm³/mol. The molecule has 0 radical (unpaired) electrons. The molecule has 1 aromatic carbocycles. The molecule has 5 N–H and O–H groups in total. The van der Waals surface area contributed by atoms with E-state index in [0.717, 1.165) is 12.0 Å². The fraction of sp³-hybridized carbons (Fsp3) is 0.412. The molecule has 0 aliphatic carbocycles. The highest BCUT2D eigenvalue weighted by atomic mass is 35.5. The molecule has 26 heavy (non-hydrogen) atoms. The molecule has 0 fully saturated rings. The first kappa shape index (κ1) is 20.5. The maximum absolute atomic E-state index is 12.3. The molecule has 142 valence electrons. The van der Waals surface area contributed by atoms with Gasteiger partial charge in [-0.3, -0.25) is 9.78 Å². The van der Waals surface area contributed by atoms with Gasteiger partial charge in [-0.05, 0) is 24.1 Å². The van der Waals surface area contributed by atoms with Crippen LogP contribution in [0.2, 0.25) is 10.0 Å². The number of halogens is 2. The van der Waals surface area contributed by atoms with Gasteiger partial charge in [-0.25, -0.2) is 4.98 Å². The van der Waals surface area contributed by atoms with E-state index in [-0.39, 0.29) is 12.1 Å². The number of rotatable bonds is 10. The lowest BCUT2D eigenvalue weighted by molar-refractivity contribution is 0.144. The highest BCUT2D eigenvalue weighted by molar-refractivity contribution is 6.42. The Morgan fingerprint density at radius 2 is 2.04 bits per heavy atom. The van der Waals surface area contributed by atoms with Crippen molar-refractivity contribution in [2.24, 2.45) is 5.73 Å². The number of ether oxygens (including phenoxy) is 1. The van der Waals surface area contributed by atoms with E-state index in [9.17, 15) is 4.79 Å². The van der Waals surface area contributed by atoms with E-state index in [4.69, 9.17) is 33.7 Å². The first-order chi connectivity index (χ1) is 12.5. The number of hydrogen-bond acceptors (Lipinski definition) is 6. The maximum atomic E-state index is 12.3. The zero-order valence-electron chi connectivity index (χ0n) is 14.6. The second-order valence-corrected chi connectivity index (χ2v) is 6.40. The summed E-state index contributed by atoms with van der Waals surface area (Å²) in [6.45, 7) is 4.32. The number of nitrogens with one attached hydrogen (secondary N) is 3. The van der Waals surface area contributed by atoms with E-state index in [2.05, 4.69) is 20.6 Å². The van der Waals surface area contributed by atoms with Crippen LogP contribution in [-0.2, 0) is 17.8 Å². The molecule has 0 bridgehead atoms. The Morgan fingerprint density at radius 3 is 2.73 bits per heavy atom. The summed E-state index contributed by atoms with van der Waals surface area (Å²) in [6.07, 6.45) is 0.954. The van der Waals surface area contributed by atoms with Gasteiger partial charge in [0.15, 0.2) is 0 Å². The lowest BCUT2D eigenvalue weighted by Crippen LogP contribution is -2.24. The van der Waals surface area contributed by atoms with Crippen LogP contribution in [0.4, 0.5) is 11.6 Å². The SMILES string of the molecule is CCCOCCNc1c(CN)nc(NCc2ccc(Cl)c(Cl)c2)[nH]c1=O. The van der Waals surface area contributed by atoms with E-state index in [1.54, 1.807) is 12.1 Å². The van der Waals surface area contributed by atoms with Crippen LogP contribution in [0.1, 0.15) is 24.6 Å². The molecule has 0 atom stereocenters. The Morgan fingerprint density at radius 1 is 1.23 bits per heavy atom. The van der Waals surface area contributed by atoms with Gasteiger partial charge in [0.1, 0.15) is 5.69 Å². The third kappa shape index (κ3) is 5.88. The van der Waals surface area contributed by atoms with Gasteiger partial charge in [-0.2, -0.15) is 0 Å². The van der Waals surface area contributed by atoms with Crippen LogP contribution in [-0.4, -0.2) is 29.7 Å². The monoisotopic (exact) mass is 399 g/mol. The molecule has 0 aliphatic heterocycles. The van der Waals surface area contributed by atoms with E-state index >= 15 is 0 Å². The molecule has 1 heterocycles. The van der Waals surface area contributed by atoms with E-state index in [1.165, 1.54) is 0 Å². The molecular weight excluding hydrogens is 377 g/mol. The van der Waals surface area contributed by atoms with Gasteiger partial charge in [0.25, 0.3) is 5.56 Å². The molecule has 2 aromatic rings. The highest BCUT2D eigenvalue weighted by Crippen LogP contribution is 2.22. The minimum Gasteiger partial charge on any atom is -0.380 e. The van der Waals surface area contributed by atoms with Crippen LogP contribution in [0.15, 0.2) is 23.0 Å². The number of nitrogens with zero attached hydrogens (tertiary/aromatic N) is 1. The second-order valence-electron chi connectivity index (χ2n) is 5.58. The first-order valence-electron chi connectivity index (χ1n) is 8.37. The van der Waals surface area contributed by atoms with Crippen LogP contribution >= 0.6 is 23.2 Å². The van der Waals surface area contributed by atoms with Gasteiger partial charge in [0.2, 0.25) is 5.95 Å². The van der Waals surface area contributed by atoms with Crippen molar-refractivity contribution in [2.45, 2.75) is 26.4 Å². The van der Waals surface area contributed by atoms with Crippen molar-refractivity contribution in [3.05, 3.63) is 49.9 Å². The predicted octanol–water partition coefficient (Wildman–Crippen LogP) is 2.99. The molecular formula is C17H23Cl2N5O2. The Bertz CT molecular complexity index is 782. The zero-order chi connectivity index (χ0) is 18.9. The topological polar surface area (TPSA) is 105 Å². The molecule has 0 saturated heterocycles. The fourth-order valence-corrected chi connectivity index (χ4v) is 2.58. The number of aromatic amines is 1. The normalized spacial score (nSPS) is 10.8. The summed E-state index contributed by atoms with van der Waals surface area (Å²) in [5.41, 5.74) is 7.22. The average Bonchev–Trinajstić information content (AvgIpc) is 2.63. The van der Waals surface area contributed by atoms with Crippen molar-refractivity contribution in [2.75, 3.05) is 30.4 Å². The lowest BCUT2D eigenvalue weighted by Gasteiger charge is -2.12. The molecule has 0 unspecified atom stereocenters. The van der Waals surface area contributed by atoms with Crippen LogP contribution in [0.3, 0.4) is 0 Å². The first-order valence-corrected chi connectivity index (χ1v) is 9.13. The minimum absolute atomic E-state index is 0.142. The van der Waals surface area contributed by atoms with Crippen molar-refractivity contribution in [3.8, 4) is 0 Å². The molecule has 0 saturated carbocycles. The Balaban J connectivity index is 2.02. The molecule has 7 nitrogen and oxygen atoms in total. The number of benzene rings is 1. The van der Waals surface area contributed by atoms with Crippen molar-refractivity contribution < 1.29 is 4.74 Å². The summed E-state index contributed by atoms with van der Waals surface area (Å²) in [6, 6.07) is 5.32. The molecule has 0 aliphatic rings. The number of anilines is 2. The van der Waals surface area contributed by atoms with E-state index in [0.29, 0.717) is 53.7 Å². The van der Waals surface area contributed by atoms with Crippen molar-refractivity contribution in [3.63, 3.8) is 0 Å². The average molecular weight is 400 g/mol. The summed E-state index contributed by atoms with van der Waals surface area (Å²) >= 11 is 11.9. The smallest absolute Gasteiger partial charge is 0.275 e. The molecule has 1 aromatic heterocycles. The van der Waals surface area contributed by atoms with Gasteiger partial charge in [-0.15, -0.1) is 0 Å². The third-order valence-corrected chi connectivity index (χ3v) is 4.27. The Labute approximate surface area is 162 Å². The largest absolute Gasteiger partial charge is 0.380 e. The number of H-pyrrole nitrogens is 1. The summed E-state index contributed by atoms with van der Waals surface area (Å²) in [4.78, 5) is 19.4. The van der Waals surface area contributed by atoms with Crippen molar-refractivity contribution >= 4 is 34.8 Å². The van der Waals surface area contributed by atoms with Crippen LogP contribution in [0.5, 0.6) is 0 Å². The van der Waals surface area contributed by atoms with Crippen LogP contribution in [0, 0.1) is 0 Å². The number of nitrogens with two attached hydrogens (primary N) is 1. The molecule has 2 rings (SSSR count). The summed E-state index contributed by atoms with van der Waals surface area (Å²) in [7, 11) is 0. The number of aromatic nitrogens is 2. The molecule has 9 heteroatoms. The quantitative estimate of drug-likeness (QED) is 0.457. The second kappa shape index (κ2) is 10.4. The van der Waals surface area contributed by atoms with Gasteiger partial charge in [-0.1, -0.05) is 36.2 Å². The summed E-state index contributed by atoms with van der Waals surface area (Å²) in [5, 5.41) is 7.06. The zero-order valence-corrected chi connectivity index (χ0v) is 16.1. The lowest BCUT2D eigenvalue weighted by atomic mass is 10.2. The van der Waals surface area contributed by atoms with Gasteiger partial charge >= 0.3 is 0 Å². The Hall–Kier alpha value is -1.80. The third-order valence-electron chi connectivity index (χ3n) is 3.53. The summed E-state index contributed by atoms with van der Waals surface area (Å²) in [5.74, 6) is 0.342.